The highest BCUT2D eigenvalue weighted by atomic mass is 19.4. The van der Waals surface area contributed by atoms with Crippen molar-refractivity contribution < 1.29 is 32.9 Å². The number of hydrogen-bond donors (Lipinski definition) is 2. The number of alkyl halides is 3. The van der Waals surface area contributed by atoms with Crippen molar-refractivity contribution in [3.8, 4) is 5.75 Å². The van der Waals surface area contributed by atoms with Crippen molar-refractivity contribution in [2.45, 2.75) is 68.9 Å². The molecule has 1 aliphatic heterocycles. The second-order valence-electron chi connectivity index (χ2n) is 7.77. The fraction of sp³-hybridized carbons (Fsp3) is 0.650. The Morgan fingerprint density at radius 2 is 1.82 bits per heavy atom. The Hall–Kier alpha value is -1.80. The van der Waals surface area contributed by atoms with E-state index in [0.29, 0.717) is 44.3 Å². The van der Waals surface area contributed by atoms with Crippen molar-refractivity contribution >= 4 is 5.91 Å². The number of carbonyl (C=O) groups is 1. The monoisotopic (exact) mass is 401 g/mol. The topological polar surface area (TPSA) is 70.0 Å². The third-order valence-corrected chi connectivity index (χ3v) is 5.70. The fourth-order valence-corrected chi connectivity index (χ4v) is 4.30. The van der Waals surface area contributed by atoms with Crippen LogP contribution < -0.4 is 4.74 Å². The van der Waals surface area contributed by atoms with Crippen LogP contribution in [0.25, 0.3) is 0 Å². The van der Waals surface area contributed by atoms with Gasteiger partial charge < -0.3 is 19.8 Å². The predicted molar refractivity (Wildman–Crippen MR) is 95.7 cm³/mol. The van der Waals surface area contributed by atoms with Gasteiger partial charge in [0.25, 0.3) is 0 Å². The van der Waals surface area contributed by atoms with Gasteiger partial charge in [0.1, 0.15) is 5.75 Å². The van der Waals surface area contributed by atoms with Gasteiger partial charge >= 0.3 is 6.36 Å². The Kier molecular flexibility index (Phi) is 6.19. The maximum atomic E-state index is 13.3. The van der Waals surface area contributed by atoms with Crippen molar-refractivity contribution in [2.24, 2.45) is 0 Å². The molecule has 5 nitrogen and oxygen atoms in total. The maximum absolute atomic E-state index is 13.3. The largest absolute Gasteiger partial charge is 0.573 e. The maximum Gasteiger partial charge on any atom is 0.573 e. The van der Waals surface area contributed by atoms with Crippen LogP contribution >= 0.6 is 0 Å². The summed E-state index contributed by atoms with van der Waals surface area (Å²) in [7, 11) is 0. The zero-order valence-corrected chi connectivity index (χ0v) is 15.6. The molecule has 1 aromatic carbocycles. The van der Waals surface area contributed by atoms with Gasteiger partial charge in [0.15, 0.2) is 0 Å². The normalized spacial score (nSPS) is 22.0. The number of benzene rings is 1. The minimum Gasteiger partial charge on any atom is -0.406 e. The average molecular weight is 401 g/mol. The summed E-state index contributed by atoms with van der Waals surface area (Å²) in [5, 5.41) is 21.0. The highest BCUT2D eigenvalue weighted by Gasteiger charge is 2.45. The summed E-state index contributed by atoms with van der Waals surface area (Å²) in [6.07, 6.45) is -1.06. The van der Waals surface area contributed by atoms with E-state index < -0.39 is 29.7 Å². The van der Waals surface area contributed by atoms with Crippen molar-refractivity contribution in [1.29, 1.82) is 0 Å². The number of halogens is 3. The lowest BCUT2D eigenvalue weighted by molar-refractivity contribution is -0.274. The van der Waals surface area contributed by atoms with Crippen LogP contribution in [-0.2, 0) is 4.79 Å². The second kappa shape index (κ2) is 8.29. The Morgan fingerprint density at radius 3 is 2.43 bits per heavy atom. The van der Waals surface area contributed by atoms with Gasteiger partial charge in [-0.1, -0.05) is 31.4 Å². The van der Waals surface area contributed by atoms with Crippen molar-refractivity contribution in [1.82, 2.24) is 4.90 Å². The van der Waals surface area contributed by atoms with Crippen molar-refractivity contribution in [2.75, 3.05) is 13.1 Å². The third kappa shape index (κ3) is 4.97. The first kappa shape index (κ1) is 20.9. The Labute approximate surface area is 162 Å². The molecule has 8 heteroatoms. The summed E-state index contributed by atoms with van der Waals surface area (Å²) in [6.45, 7) is 0.733. The number of aliphatic hydroxyl groups is 2. The molecule has 2 N–H and O–H groups in total. The average Bonchev–Trinajstić information content (AvgIpc) is 2.61. The second-order valence-corrected chi connectivity index (χ2v) is 7.77. The van der Waals surface area contributed by atoms with E-state index in [1.54, 1.807) is 11.0 Å². The fourth-order valence-electron chi connectivity index (χ4n) is 4.30. The highest BCUT2D eigenvalue weighted by molar-refractivity contribution is 5.85. The predicted octanol–water partition coefficient (Wildman–Crippen LogP) is 3.35. The molecule has 0 spiro atoms. The molecule has 1 atom stereocenters. The molecular weight excluding hydrogens is 375 g/mol. The zero-order chi connectivity index (χ0) is 20.4. The molecule has 0 unspecified atom stereocenters. The first-order valence-electron chi connectivity index (χ1n) is 9.73. The Balaban J connectivity index is 1.92. The molecule has 1 amide bonds. The number of piperidine rings is 1. The molecular formula is C20H26F3NO4. The molecule has 2 aliphatic rings. The van der Waals surface area contributed by atoms with Crippen molar-refractivity contribution in [3.05, 3.63) is 29.8 Å². The minimum atomic E-state index is -4.83. The van der Waals surface area contributed by atoms with Crippen LogP contribution in [0.15, 0.2) is 24.3 Å². The highest BCUT2D eigenvalue weighted by Crippen LogP contribution is 2.42. The van der Waals surface area contributed by atoms with E-state index in [4.69, 9.17) is 0 Å². The summed E-state index contributed by atoms with van der Waals surface area (Å²) in [4.78, 5) is 14.9. The van der Waals surface area contributed by atoms with Crippen LogP contribution in [0, 0.1) is 0 Å². The lowest BCUT2D eigenvalue weighted by Crippen LogP contribution is -2.50. The molecule has 0 bridgehead atoms. The number of aliphatic hydroxyl groups excluding tert-OH is 1. The molecule has 1 saturated carbocycles. The van der Waals surface area contributed by atoms with Crippen molar-refractivity contribution in [3.63, 3.8) is 0 Å². The number of nitrogens with zero attached hydrogens (tertiary/aromatic N) is 1. The van der Waals surface area contributed by atoms with Gasteiger partial charge in [-0.3, -0.25) is 4.79 Å². The number of likely N-dealkylation sites (tertiary alicyclic amines) is 1. The summed E-state index contributed by atoms with van der Waals surface area (Å²) < 4.78 is 41.9. The van der Waals surface area contributed by atoms with Crippen LogP contribution in [0.1, 0.15) is 56.4 Å². The van der Waals surface area contributed by atoms with E-state index in [1.807, 2.05) is 0 Å². The molecule has 0 aromatic heterocycles. The molecule has 1 heterocycles. The Morgan fingerprint density at radius 1 is 1.18 bits per heavy atom. The first-order chi connectivity index (χ1) is 13.2. The molecule has 1 aromatic rings. The van der Waals surface area contributed by atoms with Gasteiger partial charge in [-0.15, -0.1) is 13.2 Å². The molecule has 1 aliphatic carbocycles. The molecule has 2 fully saturated rings. The van der Waals surface area contributed by atoms with Gasteiger partial charge in [0.2, 0.25) is 5.91 Å². The van der Waals surface area contributed by atoms with E-state index in [-0.39, 0.29) is 5.91 Å². The summed E-state index contributed by atoms with van der Waals surface area (Å²) >= 11 is 0. The zero-order valence-electron chi connectivity index (χ0n) is 15.6. The van der Waals surface area contributed by atoms with Crippen LogP contribution in [0.4, 0.5) is 13.2 Å². The number of amides is 1. The number of carbonyl (C=O) groups excluding carboxylic acids is 1. The van der Waals surface area contributed by atoms with E-state index in [9.17, 15) is 28.2 Å². The number of hydrogen-bond acceptors (Lipinski definition) is 4. The summed E-state index contributed by atoms with van der Waals surface area (Å²) in [5.74, 6) is -1.67. The molecule has 0 radical (unpaired) electrons. The van der Waals surface area contributed by atoms with Gasteiger partial charge in [-0.25, -0.2) is 0 Å². The Bertz CT molecular complexity index is 680. The smallest absolute Gasteiger partial charge is 0.406 e. The van der Waals surface area contributed by atoms with E-state index in [0.717, 1.165) is 19.3 Å². The van der Waals surface area contributed by atoms with Gasteiger partial charge in [-0.05, 0) is 43.4 Å². The van der Waals surface area contributed by atoms with Crippen LogP contribution in [0.3, 0.4) is 0 Å². The van der Waals surface area contributed by atoms with Crippen LogP contribution in [0.2, 0.25) is 0 Å². The minimum absolute atomic E-state index is 0.305. The summed E-state index contributed by atoms with van der Waals surface area (Å²) in [5.41, 5.74) is -0.982. The molecule has 28 heavy (non-hydrogen) atoms. The third-order valence-electron chi connectivity index (χ3n) is 5.70. The lowest BCUT2D eigenvalue weighted by Gasteiger charge is -2.42. The van der Waals surface area contributed by atoms with Gasteiger partial charge in [-0.2, -0.15) is 0 Å². The van der Waals surface area contributed by atoms with Gasteiger partial charge in [0, 0.05) is 13.1 Å². The quantitative estimate of drug-likeness (QED) is 0.812. The van der Waals surface area contributed by atoms with Crippen LogP contribution in [0.5, 0.6) is 5.75 Å². The number of rotatable bonds is 4. The number of ether oxygens (including phenoxy) is 1. The van der Waals surface area contributed by atoms with E-state index in [2.05, 4.69) is 4.74 Å². The first-order valence-corrected chi connectivity index (χ1v) is 9.73. The molecule has 3 rings (SSSR count). The lowest BCUT2D eigenvalue weighted by atomic mass is 9.72. The SMILES string of the molecule is O=C([C@@H](c1cccc(OC(F)(F)F)c1)C1(O)CCCCC1)N1CCC(O)CC1. The summed E-state index contributed by atoms with van der Waals surface area (Å²) in [6, 6.07) is 5.35. The van der Waals surface area contributed by atoms with E-state index >= 15 is 0 Å². The van der Waals surface area contributed by atoms with E-state index in [1.165, 1.54) is 18.2 Å². The van der Waals surface area contributed by atoms with Crippen LogP contribution in [-0.4, -0.2) is 52.2 Å². The molecule has 156 valence electrons. The molecule has 1 saturated heterocycles. The van der Waals surface area contributed by atoms with Gasteiger partial charge in [0.05, 0.1) is 17.6 Å². The standard InChI is InChI=1S/C20H26F3NO4/c21-20(22,23)28-16-6-4-5-14(13-16)17(19(27)9-2-1-3-10-19)18(26)24-11-7-15(25)8-12-24/h4-6,13,15,17,25,27H,1-3,7-12H2/t17-/m1/s1.